The molecule has 1 heterocycles. The second-order valence-corrected chi connectivity index (χ2v) is 6.96. The molecule has 0 saturated carbocycles. The van der Waals surface area contributed by atoms with Crippen molar-refractivity contribution in [3.8, 4) is 0 Å². The second-order valence-electron chi connectivity index (χ2n) is 5.98. The molecule has 0 aliphatic heterocycles. The topological polar surface area (TPSA) is 15.3 Å². The Morgan fingerprint density at radius 1 is 1.19 bits per heavy atom. The highest BCUT2D eigenvalue weighted by Gasteiger charge is 2.17. The molecule has 114 valence electrons. The van der Waals surface area contributed by atoms with Gasteiger partial charge in [0.05, 0.1) is 6.04 Å². The van der Waals surface area contributed by atoms with Gasteiger partial charge in [0.1, 0.15) is 0 Å². The third-order valence-corrected chi connectivity index (χ3v) is 4.98. The van der Waals surface area contributed by atoms with Crippen LogP contribution in [0.4, 0.5) is 0 Å². The van der Waals surface area contributed by atoms with Crippen molar-refractivity contribution in [3.05, 3.63) is 57.3 Å². The summed E-state index contributed by atoms with van der Waals surface area (Å²) in [5.74, 6) is 0. The summed E-state index contributed by atoms with van der Waals surface area (Å²) in [7, 11) is 4.29. The molecule has 0 radical (unpaired) electrons. The van der Waals surface area contributed by atoms with Gasteiger partial charge in [-0.05, 0) is 57.4 Å². The zero-order valence-electron chi connectivity index (χ0n) is 13.7. The minimum Gasteiger partial charge on any atom is -0.308 e. The van der Waals surface area contributed by atoms with Crippen LogP contribution in [0.3, 0.4) is 0 Å². The fraction of sp³-hybridized carbons (Fsp3) is 0.444. The van der Waals surface area contributed by atoms with E-state index in [1.807, 2.05) is 11.3 Å². The van der Waals surface area contributed by atoms with Gasteiger partial charge in [0, 0.05) is 17.5 Å². The largest absolute Gasteiger partial charge is 0.308 e. The van der Waals surface area contributed by atoms with Crippen molar-refractivity contribution in [1.29, 1.82) is 0 Å². The Morgan fingerprint density at radius 3 is 2.52 bits per heavy atom. The molecule has 3 heteroatoms. The Balaban J connectivity index is 2.03. The van der Waals surface area contributed by atoms with E-state index in [1.165, 1.54) is 21.6 Å². The SMILES string of the molecule is Cc1ccc(C(C)NCC(c2cccs2)N(C)C)c(C)c1. The van der Waals surface area contributed by atoms with E-state index in [4.69, 9.17) is 0 Å². The van der Waals surface area contributed by atoms with Crippen LogP contribution in [-0.2, 0) is 0 Å². The van der Waals surface area contributed by atoms with E-state index < -0.39 is 0 Å². The first-order valence-electron chi connectivity index (χ1n) is 7.49. The van der Waals surface area contributed by atoms with Crippen LogP contribution in [0.25, 0.3) is 0 Å². The van der Waals surface area contributed by atoms with Gasteiger partial charge >= 0.3 is 0 Å². The highest BCUT2D eigenvalue weighted by atomic mass is 32.1. The maximum Gasteiger partial charge on any atom is 0.0561 e. The number of hydrogen-bond acceptors (Lipinski definition) is 3. The lowest BCUT2D eigenvalue weighted by Crippen LogP contribution is -2.32. The summed E-state index contributed by atoms with van der Waals surface area (Å²) in [6.07, 6.45) is 0. The molecule has 2 aromatic rings. The van der Waals surface area contributed by atoms with E-state index in [2.05, 4.69) is 80.8 Å². The number of hydrogen-bond donors (Lipinski definition) is 1. The van der Waals surface area contributed by atoms with Gasteiger partial charge in [0.2, 0.25) is 0 Å². The normalized spacial score (nSPS) is 14.4. The van der Waals surface area contributed by atoms with E-state index in [0.29, 0.717) is 12.1 Å². The Bertz CT molecular complexity index is 561. The van der Waals surface area contributed by atoms with Gasteiger partial charge in [-0.1, -0.05) is 29.8 Å². The zero-order valence-corrected chi connectivity index (χ0v) is 14.5. The van der Waals surface area contributed by atoms with Crippen LogP contribution in [0.15, 0.2) is 35.7 Å². The van der Waals surface area contributed by atoms with E-state index in [9.17, 15) is 0 Å². The van der Waals surface area contributed by atoms with Gasteiger partial charge in [0.25, 0.3) is 0 Å². The molecule has 1 aromatic heterocycles. The van der Waals surface area contributed by atoms with Crippen molar-refractivity contribution in [3.63, 3.8) is 0 Å². The molecule has 0 aliphatic carbocycles. The smallest absolute Gasteiger partial charge is 0.0561 e. The van der Waals surface area contributed by atoms with Crippen LogP contribution < -0.4 is 5.32 Å². The number of nitrogens with zero attached hydrogens (tertiary/aromatic N) is 1. The lowest BCUT2D eigenvalue weighted by molar-refractivity contribution is 0.285. The first kappa shape index (κ1) is 16.2. The second kappa shape index (κ2) is 7.21. The predicted octanol–water partition coefficient (Wildman–Crippen LogP) is 4.32. The number of benzene rings is 1. The Morgan fingerprint density at radius 2 is 1.95 bits per heavy atom. The quantitative estimate of drug-likeness (QED) is 0.855. The third-order valence-electron chi connectivity index (χ3n) is 4.00. The lowest BCUT2D eigenvalue weighted by atomic mass is 10.00. The van der Waals surface area contributed by atoms with Crippen LogP contribution in [0.5, 0.6) is 0 Å². The molecule has 0 bridgehead atoms. The number of rotatable bonds is 6. The van der Waals surface area contributed by atoms with E-state index in [0.717, 1.165) is 6.54 Å². The summed E-state index contributed by atoms with van der Waals surface area (Å²) in [6, 6.07) is 11.9. The van der Waals surface area contributed by atoms with Crippen LogP contribution in [0, 0.1) is 13.8 Å². The molecular formula is C18H26N2S. The zero-order chi connectivity index (χ0) is 15.4. The molecule has 0 saturated heterocycles. The van der Waals surface area contributed by atoms with E-state index >= 15 is 0 Å². The van der Waals surface area contributed by atoms with Crippen molar-refractivity contribution in [2.45, 2.75) is 32.9 Å². The first-order chi connectivity index (χ1) is 9.99. The molecule has 2 rings (SSSR count). The molecule has 0 amide bonds. The molecule has 0 fully saturated rings. The molecule has 0 spiro atoms. The van der Waals surface area contributed by atoms with Gasteiger partial charge in [-0.2, -0.15) is 0 Å². The summed E-state index contributed by atoms with van der Waals surface area (Å²) in [5, 5.41) is 5.85. The summed E-state index contributed by atoms with van der Waals surface area (Å²) in [6.45, 7) is 7.55. The number of aryl methyl sites for hydroxylation is 2. The van der Waals surface area contributed by atoms with Crippen molar-refractivity contribution in [1.82, 2.24) is 10.2 Å². The number of nitrogens with one attached hydrogen (secondary N) is 1. The summed E-state index contributed by atoms with van der Waals surface area (Å²) >= 11 is 1.83. The summed E-state index contributed by atoms with van der Waals surface area (Å²) < 4.78 is 0. The molecular weight excluding hydrogens is 276 g/mol. The summed E-state index contributed by atoms with van der Waals surface area (Å²) in [5.41, 5.74) is 4.09. The van der Waals surface area contributed by atoms with Crippen molar-refractivity contribution < 1.29 is 0 Å². The van der Waals surface area contributed by atoms with Gasteiger partial charge in [0.15, 0.2) is 0 Å². The van der Waals surface area contributed by atoms with Crippen molar-refractivity contribution in [2.75, 3.05) is 20.6 Å². The van der Waals surface area contributed by atoms with Crippen LogP contribution in [-0.4, -0.2) is 25.5 Å². The first-order valence-corrected chi connectivity index (χ1v) is 8.37. The molecule has 2 atom stereocenters. The summed E-state index contributed by atoms with van der Waals surface area (Å²) in [4.78, 5) is 3.70. The van der Waals surface area contributed by atoms with Gasteiger partial charge in [-0.3, -0.25) is 0 Å². The van der Waals surface area contributed by atoms with Crippen LogP contribution in [0.1, 0.15) is 40.6 Å². The van der Waals surface area contributed by atoms with Gasteiger partial charge in [-0.25, -0.2) is 0 Å². The minimum absolute atomic E-state index is 0.369. The van der Waals surface area contributed by atoms with Crippen molar-refractivity contribution in [2.24, 2.45) is 0 Å². The maximum absolute atomic E-state index is 3.69. The van der Waals surface area contributed by atoms with Crippen LogP contribution >= 0.6 is 11.3 Å². The number of likely N-dealkylation sites (N-methyl/N-ethyl adjacent to an activating group) is 1. The Hall–Kier alpha value is -1.16. The average molecular weight is 302 g/mol. The molecule has 1 N–H and O–H groups in total. The number of thiophene rings is 1. The lowest BCUT2D eigenvalue weighted by Gasteiger charge is -2.26. The van der Waals surface area contributed by atoms with Gasteiger partial charge in [-0.15, -0.1) is 11.3 Å². The minimum atomic E-state index is 0.369. The Labute approximate surface area is 132 Å². The third kappa shape index (κ3) is 4.16. The fourth-order valence-electron chi connectivity index (χ4n) is 2.73. The highest BCUT2D eigenvalue weighted by molar-refractivity contribution is 7.10. The molecule has 2 unspecified atom stereocenters. The highest BCUT2D eigenvalue weighted by Crippen LogP contribution is 2.24. The van der Waals surface area contributed by atoms with Crippen LogP contribution in [0.2, 0.25) is 0 Å². The predicted molar refractivity (Wildman–Crippen MR) is 93.1 cm³/mol. The van der Waals surface area contributed by atoms with Crippen molar-refractivity contribution >= 4 is 11.3 Å². The monoisotopic (exact) mass is 302 g/mol. The molecule has 2 nitrogen and oxygen atoms in total. The molecule has 0 aliphatic rings. The molecule has 1 aromatic carbocycles. The van der Waals surface area contributed by atoms with E-state index in [1.54, 1.807) is 0 Å². The average Bonchev–Trinajstić information content (AvgIpc) is 2.92. The standard InChI is InChI=1S/C18H26N2S/c1-13-8-9-16(14(2)11-13)15(3)19-12-17(20(4)5)18-7-6-10-21-18/h6-11,15,17,19H,12H2,1-5H3. The van der Waals surface area contributed by atoms with Gasteiger partial charge < -0.3 is 10.2 Å². The fourth-order valence-corrected chi connectivity index (χ4v) is 3.65. The molecule has 21 heavy (non-hydrogen) atoms. The van der Waals surface area contributed by atoms with E-state index in [-0.39, 0.29) is 0 Å². The Kier molecular flexibility index (Phi) is 5.57. The maximum atomic E-state index is 3.69.